The molecule has 3 rings (SSSR count). The summed E-state index contributed by atoms with van der Waals surface area (Å²) in [5, 5.41) is 13.5. The normalized spacial score (nSPS) is 14.5. The zero-order chi connectivity index (χ0) is 19.1. The summed E-state index contributed by atoms with van der Waals surface area (Å²) in [6.07, 6.45) is 6.55. The lowest BCUT2D eigenvalue weighted by Crippen LogP contribution is -2.24. The number of ether oxygens (including phenoxy) is 1. The van der Waals surface area contributed by atoms with E-state index in [1.54, 1.807) is 12.1 Å². The number of hydrogen-bond donors (Lipinski definition) is 1. The Bertz CT molecular complexity index is 766. The first-order valence-corrected chi connectivity index (χ1v) is 9.36. The first kappa shape index (κ1) is 18.9. The molecule has 6 nitrogen and oxygen atoms in total. The smallest absolute Gasteiger partial charge is 0.269 e. The number of amides is 1. The highest BCUT2D eigenvalue weighted by molar-refractivity contribution is 5.78. The van der Waals surface area contributed by atoms with Crippen molar-refractivity contribution in [1.82, 2.24) is 5.32 Å². The maximum Gasteiger partial charge on any atom is 0.269 e. The van der Waals surface area contributed by atoms with Gasteiger partial charge in [-0.1, -0.05) is 30.7 Å². The fraction of sp³-hybridized carbons (Fsp3) is 0.381. The lowest BCUT2D eigenvalue weighted by molar-refractivity contribution is -0.384. The molecule has 0 aromatic heterocycles. The molecular formula is C21H24N2O4. The molecule has 0 saturated heterocycles. The number of nitro benzene ring substituents is 1. The van der Waals surface area contributed by atoms with Gasteiger partial charge in [0.25, 0.3) is 5.69 Å². The predicted octanol–water partition coefficient (Wildman–Crippen LogP) is 4.17. The van der Waals surface area contributed by atoms with Gasteiger partial charge in [-0.2, -0.15) is 0 Å². The molecule has 0 atom stereocenters. The van der Waals surface area contributed by atoms with Crippen LogP contribution in [0.25, 0.3) is 0 Å². The number of carbonyl (C=O) groups is 1. The summed E-state index contributed by atoms with van der Waals surface area (Å²) in [5.74, 6) is 0.759. The molecule has 27 heavy (non-hydrogen) atoms. The molecular weight excluding hydrogens is 344 g/mol. The number of nitrogens with one attached hydrogen (secondary N) is 1. The van der Waals surface area contributed by atoms with E-state index in [1.807, 2.05) is 24.3 Å². The Labute approximate surface area is 158 Å². The molecule has 1 aliphatic carbocycles. The number of nitro groups is 1. The molecule has 0 spiro atoms. The number of nitrogens with zero attached hydrogens (tertiary/aromatic N) is 1. The van der Waals surface area contributed by atoms with Crippen LogP contribution in [0.15, 0.2) is 48.5 Å². The van der Waals surface area contributed by atoms with E-state index >= 15 is 0 Å². The van der Waals surface area contributed by atoms with Gasteiger partial charge in [-0.25, -0.2) is 0 Å². The predicted molar refractivity (Wildman–Crippen MR) is 103 cm³/mol. The second-order valence-corrected chi connectivity index (χ2v) is 6.90. The van der Waals surface area contributed by atoms with Crippen LogP contribution in [0.3, 0.4) is 0 Å². The van der Waals surface area contributed by atoms with Gasteiger partial charge in [-0.15, -0.1) is 0 Å². The van der Waals surface area contributed by atoms with E-state index in [0.717, 1.165) is 29.7 Å². The Balaban J connectivity index is 1.44. The molecule has 2 aromatic carbocycles. The van der Waals surface area contributed by atoms with Crippen LogP contribution >= 0.6 is 0 Å². The largest absolute Gasteiger partial charge is 0.490 e. The van der Waals surface area contributed by atoms with Crippen molar-refractivity contribution in [2.24, 2.45) is 0 Å². The Morgan fingerprint density at radius 1 is 1.00 bits per heavy atom. The molecule has 1 N–H and O–H groups in total. The van der Waals surface area contributed by atoms with E-state index in [4.69, 9.17) is 4.74 Å². The van der Waals surface area contributed by atoms with E-state index in [-0.39, 0.29) is 18.0 Å². The first-order valence-electron chi connectivity index (χ1n) is 9.36. The highest BCUT2D eigenvalue weighted by Gasteiger charge is 2.14. The second-order valence-electron chi connectivity index (χ2n) is 6.90. The van der Waals surface area contributed by atoms with Crippen LogP contribution in [0.5, 0.6) is 5.75 Å². The van der Waals surface area contributed by atoms with Gasteiger partial charge in [0.05, 0.1) is 17.4 Å². The van der Waals surface area contributed by atoms with Crippen molar-refractivity contribution in [2.45, 2.75) is 51.2 Å². The third-order valence-electron chi connectivity index (χ3n) is 4.78. The highest BCUT2D eigenvalue weighted by atomic mass is 16.6. The molecule has 1 saturated carbocycles. The summed E-state index contributed by atoms with van der Waals surface area (Å²) in [4.78, 5) is 22.3. The maximum absolute atomic E-state index is 12.1. The average Bonchev–Trinajstić information content (AvgIpc) is 2.69. The number of non-ortho nitro benzene ring substituents is 1. The van der Waals surface area contributed by atoms with Crippen molar-refractivity contribution < 1.29 is 14.5 Å². The summed E-state index contributed by atoms with van der Waals surface area (Å²) < 4.78 is 6.01. The van der Waals surface area contributed by atoms with E-state index in [0.29, 0.717) is 12.6 Å². The molecule has 6 heteroatoms. The van der Waals surface area contributed by atoms with Crippen molar-refractivity contribution in [2.75, 3.05) is 0 Å². The van der Waals surface area contributed by atoms with Crippen molar-refractivity contribution in [1.29, 1.82) is 0 Å². The van der Waals surface area contributed by atoms with Gasteiger partial charge in [0.15, 0.2) is 0 Å². The maximum atomic E-state index is 12.1. The van der Waals surface area contributed by atoms with Crippen molar-refractivity contribution >= 4 is 11.6 Å². The summed E-state index contributed by atoms with van der Waals surface area (Å²) in [5.41, 5.74) is 1.77. The Kier molecular flexibility index (Phi) is 6.41. The van der Waals surface area contributed by atoms with Crippen LogP contribution in [0, 0.1) is 10.1 Å². The fourth-order valence-corrected chi connectivity index (χ4v) is 3.25. The van der Waals surface area contributed by atoms with Crippen LogP contribution in [-0.4, -0.2) is 16.9 Å². The van der Waals surface area contributed by atoms with E-state index in [1.165, 1.54) is 31.4 Å². The lowest BCUT2D eigenvalue weighted by Gasteiger charge is -2.23. The first-order chi connectivity index (χ1) is 13.1. The van der Waals surface area contributed by atoms with E-state index in [2.05, 4.69) is 5.32 Å². The third kappa shape index (κ3) is 5.81. The number of hydrogen-bond acceptors (Lipinski definition) is 4. The summed E-state index contributed by atoms with van der Waals surface area (Å²) >= 11 is 0. The summed E-state index contributed by atoms with van der Waals surface area (Å²) in [6.45, 7) is 0.440. The fourth-order valence-electron chi connectivity index (χ4n) is 3.25. The highest BCUT2D eigenvalue weighted by Crippen LogP contribution is 2.23. The Hall–Kier alpha value is -2.89. The van der Waals surface area contributed by atoms with Crippen molar-refractivity contribution in [3.05, 3.63) is 69.8 Å². The molecule has 1 aliphatic rings. The van der Waals surface area contributed by atoms with Crippen LogP contribution in [0.2, 0.25) is 0 Å². The zero-order valence-electron chi connectivity index (χ0n) is 15.2. The number of carbonyl (C=O) groups excluding carboxylic acids is 1. The molecule has 0 radical (unpaired) electrons. The quantitative estimate of drug-likeness (QED) is 0.587. The molecule has 0 bridgehead atoms. The SMILES string of the molecule is O=C(Cc1ccc([N+](=O)[O-])cc1)NCc1ccc(OC2CCCCC2)cc1. The van der Waals surface area contributed by atoms with Gasteiger partial charge in [-0.05, 0) is 48.9 Å². The minimum Gasteiger partial charge on any atom is -0.490 e. The van der Waals surface area contributed by atoms with Gasteiger partial charge in [0.1, 0.15) is 5.75 Å². The average molecular weight is 368 g/mol. The monoisotopic (exact) mass is 368 g/mol. The van der Waals surface area contributed by atoms with Gasteiger partial charge in [-0.3, -0.25) is 14.9 Å². The van der Waals surface area contributed by atoms with Gasteiger partial charge < -0.3 is 10.1 Å². The third-order valence-corrected chi connectivity index (χ3v) is 4.78. The number of benzene rings is 2. The molecule has 142 valence electrons. The number of rotatable bonds is 7. The molecule has 1 amide bonds. The van der Waals surface area contributed by atoms with Crippen LogP contribution in [0.1, 0.15) is 43.2 Å². The minimum absolute atomic E-state index is 0.0229. The van der Waals surface area contributed by atoms with E-state index in [9.17, 15) is 14.9 Å². The van der Waals surface area contributed by atoms with Crippen LogP contribution < -0.4 is 10.1 Å². The lowest BCUT2D eigenvalue weighted by atomic mass is 9.98. The summed E-state index contributed by atoms with van der Waals surface area (Å²) in [6, 6.07) is 13.9. The van der Waals surface area contributed by atoms with Gasteiger partial charge >= 0.3 is 0 Å². The topological polar surface area (TPSA) is 81.5 Å². The van der Waals surface area contributed by atoms with Crippen LogP contribution in [0.4, 0.5) is 5.69 Å². The Morgan fingerprint density at radius 2 is 1.63 bits per heavy atom. The Morgan fingerprint density at radius 3 is 2.26 bits per heavy atom. The molecule has 2 aromatic rings. The minimum atomic E-state index is -0.453. The molecule has 0 aliphatic heterocycles. The van der Waals surface area contributed by atoms with Crippen LogP contribution in [-0.2, 0) is 17.8 Å². The van der Waals surface area contributed by atoms with E-state index < -0.39 is 4.92 Å². The zero-order valence-corrected chi connectivity index (χ0v) is 15.2. The van der Waals surface area contributed by atoms with Gasteiger partial charge in [0.2, 0.25) is 5.91 Å². The molecule has 0 heterocycles. The summed E-state index contributed by atoms with van der Waals surface area (Å²) in [7, 11) is 0. The standard InChI is InChI=1S/C21H24N2O4/c24-21(14-16-6-10-18(11-7-16)23(25)26)22-15-17-8-12-20(13-9-17)27-19-4-2-1-3-5-19/h6-13,19H,1-5,14-15H2,(H,22,24). The second kappa shape index (κ2) is 9.16. The van der Waals surface area contributed by atoms with Crippen molar-refractivity contribution in [3.8, 4) is 5.75 Å². The van der Waals surface area contributed by atoms with Crippen molar-refractivity contribution in [3.63, 3.8) is 0 Å². The van der Waals surface area contributed by atoms with Gasteiger partial charge in [0, 0.05) is 18.7 Å². The molecule has 0 unspecified atom stereocenters. The molecule has 1 fully saturated rings.